The number of carbonyl (C=O) groups excluding carboxylic acids is 1. The quantitative estimate of drug-likeness (QED) is 0.352. The summed E-state index contributed by atoms with van der Waals surface area (Å²) < 4.78 is 2.07. The second kappa shape index (κ2) is 8.92. The highest BCUT2D eigenvalue weighted by molar-refractivity contribution is 6.31. The van der Waals surface area contributed by atoms with Gasteiger partial charge in [-0.2, -0.15) is 10.2 Å². The molecule has 5 aromatic rings. The predicted molar refractivity (Wildman–Crippen MR) is 133 cm³/mol. The molecule has 0 aliphatic heterocycles. The molecule has 174 valence electrons. The van der Waals surface area contributed by atoms with Gasteiger partial charge in [0.2, 0.25) is 5.91 Å². The minimum absolute atomic E-state index is 0.0432. The number of amides is 1. The first kappa shape index (κ1) is 21.4. The number of aromatic nitrogens is 6. The summed E-state index contributed by atoms with van der Waals surface area (Å²) in [6, 6.07) is 11.3. The Morgan fingerprint density at radius 3 is 2.86 bits per heavy atom. The average molecular weight is 485 g/mol. The van der Waals surface area contributed by atoms with Crippen molar-refractivity contribution >= 4 is 45.6 Å². The van der Waals surface area contributed by atoms with Crippen LogP contribution in [-0.4, -0.2) is 35.5 Å². The zero-order chi connectivity index (χ0) is 23.8. The second-order valence-corrected chi connectivity index (χ2v) is 9.06. The van der Waals surface area contributed by atoms with Crippen LogP contribution in [-0.2, 0) is 17.8 Å². The third kappa shape index (κ3) is 4.76. The summed E-state index contributed by atoms with van der Waals surface area (Å²) in [7, 11) is 0. The molecule has 0 bridgehead atoms. The number of anilines is 2. The Balaban J connectivity index is 1.11. The van der Waals surface area contributed by atoms with E-state index in [9.17, 15) is 4.79 Å². The van der Waals surface area contributed by atoms with E-state index in [4.69, 9.17) is 11.6 Å². The van der Waals surface area contributed by atoms with E-state index >= 15 is 0 Å². The molecule has 0 atom stereocenters. The number of nitrogens with one attached hydrogen (secondary N) is 2. The smallest absolute Gasteiger partial charge is 0.231 e. The zero-order valence-corrected chi connectivity index (χ0v) is 19.4. The van der Waals surface area contributed by atoms with Gasteiger partial charge in [-0.1, -0.05) is 23.7 Å². The first-order valence-electron chi connectivity index (χ1n) is 11.3. The number of hydrogen-bond donors (Lipinski definition) is 2. The van der Waals surface area contributed by atoms with E-state index in [1.807, 2.05) is 12.3 Å². The minimum atomic E-state index is -0.261. The molecule has 35 heavy (non-hydrogen) atoms. The van der Waals surface area contributed by atoms with Gasteiger partial charge < -0.3 is 15.0 Å². The van der Waals surface area contributed by atoms with Crippen molar-refractivity contribution < 1.29 is 4.79 Å². The molecule has 1 saturated carbocycles. The number of rotatable bonds is 7. The zero-order valence-electron chi connectivity index (χ0n) is 18.6. The summed E-state index contributed by atoms with van der Waals surface area (Å²) in [4.78, 5) is 25.7. The molecule has 1 fully saturated rings. The van der Waals surface area contributed by atoms with Crippen molar-refractivity contribution in [3.05, 3.63) is 83.3 Å². The van der Waals surface area contributed by atoms with Gasteiger partial charge in [0.15, 0.2) is 0 Å². The fourth-order valence-corrected chi connectivity index (χ4v) is 4.26. The standard InChI is InChI=1S/C25H21ClN8O/c26-18-5-3-16-10-30-33-21(20(16)7-18)8-25(35)32-23-9-22(28-14-29-23)27-11-19-13-34-12-17(15-1-2-15)4-6-24(34)31-19/h3-7,9-10,12-15H,1-2,8,11H2,(H2,27,28,29,32,35). The summed E-state index contributed by atoms with van der Waals surface area (Å²) >= 11 is 6.11. The van der Waals surface area contributed by atoms with E-state index in [1.54, 1.807) is 24.4 Å². The van der Waals surface area contributed by atoms with Gasteiger partial charge in [-0.3, -0.25) is 4.79 Å². The highest BCUT2D eigenvalue weighted by Gasteiger charge is 2.23. The van der Waals surface area contributed by atoms with Crippen LogP contribution < -0.4 is 10.6 Å². The molecule has 1 amide bonds. The van der Waals surface area contributed by atoms with Gasteiger partial charge in [-0.15, -0.1) is 0 Å². The van der Waals surface area contributed by atoms with E-state index < -0.39 is 0 Å². The van der Waals surface area contributed by atoms with E-state index in [2.05, 4.69) is 58.5 Å². The molecule has 4 heterocycles. The van der Waals surface area contributed by atoms with Crippen LogP contribution >= 0.6 is 11.6 Å². The molecule has 4 aromatic heterocycles. The summed E-state index contributed by atoms with van der Waals surface area (Å²) in [5.74, 6) is 1.41. The lowest BCUT2D eigenvalue weighted by Crippen LogP contribution is -2.17. The fourth-order valence-electron chi connectivity index (χ4n) is 4.08. The molecule has 0 unspecified atom stereocenters. The van der Waals surface area contributed by atoms with Crippen molar-refractivity contribution in [2.75, 3.05) is 10.6 Å². The number of hydrogen-bond acceptors (Lipinski definition) is 7. The van der Waals surface area contributed by atoms with Crippen molar-refractivity contribution in [1.82, 2.24) is 29.5 Å². The Labute approximate surface area is 205 Å². The lowest BCUT2D eigenvalue weighted by Gasteiger charge is -2.08. The molecular formula is C25H21ClN8O. The Morgan fingerprint density at radius 1 is 1.09 bits per heavy atom. The molecule has 1 aromatic carbocycles. The van der Waals surface area contributed by atoms with E-state index in [0.29, 0.717) is 34.8 Å². The van der Waals surface area contributed by atoms with Crippen LogP contribution in [0.5, 0.6) is 0 Å². The van der Waals surface area contributed by atoms with Crippen LogP contribution in [0.2, 0.25) is 5.02 Å². The molecule has 10 heteroatoms. The van der Waals surface area contributed by atoms with Gasteiger partial charge in [-0.05, 0) is 42.5 Å². The van der Waals surface area contributed by atoms with Crippen LogP contribution in [0, 0.1) is 0 Å². The molecule has 1 aliphatic rings. The molecule has 6 rings (SSSR count). The van der Waals surface area contributed by atoms with Crippen LogP contribution in [0.4, 0.5) is 11.6 Å². The predicted octanol–water partition coefficient (Wildman–Crippen LogP) is 4.39. The molecular weight excluding hydrogens is 464 g/mol. The van der Waals surface area contributed by atoms with Crippen LogP contribution in [0.25, 0.3) is 16.4 Å². The Kier molecular flexibility index (Phi) is 5.46. The molecule has 0 saturated heterocycles. The first-order chi connectivity index (χ1) is 17.1. The normalized spacial score (nSPS) is 13.3. The summed E-state index contributed by atoms with van der Waals surface area (Å²) in [6.07, 6.45) is 9.81. The largest absolute Gasteiger partial charge is 0.364 e. The molecule has 1 aliphatic carbocycles. The molecule has 0 radical (unpaired) electrons. The van der Waals surface area contributed by atoms with E-state index in [-0.39, 0.29) is 12.3 Å². The lowest BCUT2D eigenvalue weighted by atomic mass is 10.1. The third-order valence-corrected chi connectivity index (χ3v) is 6.22. The first-order valence-corrected chi connectivity index (χ1v) is 11.7. The molecule has 0 spiro atoms. The molecule has 9 nitrogen and oxygen atoms in total. The van der Waals surface area contributed by atoms with Gasteiger partial charge in [0.1, 0.15) is 23.6 Å². The van der Waals surface area contributed by atoms with Gasteiger partial charge in [0.25, 0.3) is 0 Å². The molecule has 2 N–H and O–H groups in total. The van der Waals surface area contributed by atoms with Crippen molar-refractivity contribution in [1.29, 1.82) is 0 Å². The maximum atomic E-state index is 12.7. The highest BCUT2D eigenvalue weighted by Crippen LogP contribution is 2.39. The van der Waals surface area contributed by atoms with Crippen LogP contribution in [0.15, 0.2) is 61.3 Å². The minimum Gasteiger partial charge on any atom is -0.364 e. The van der Waals surface area contributed by atoms with Gasteiger partial charge >= 0.3 is 0 Å². The Bertz CT molecular complexity index is 1560. The number of carbonyl (C=O) groups is 1. The third-order valence-electron chi connectivity index (χ3n) is 5.99. The van der Waals surface area contributed by atoms with Gasteiger partial charge in [-0.25, -0.2) is 15.0 Å². The number of benzene rings is 1. The number of fused-ring (bicyclic) bond motifs is 2. The summed E-state index contributed by atoms with van der Waals surface area (Å²) in [6.45, 7) is 0.497. The lowest BCUT2D eigenvalue weighted by molar-refractivity contribution is -0.115. The summed E-state index contributed by atoms with van der Waals surface area (Å²) in [5.41, 5.74) is 3.73. The monoisotopic (exact) mass is 484 g/mol. The SMILES string of the molecule is O=C(Cc1nncc2ccc(Cl)cc12)Nc1cc(NCc2cn3cc(C4CC4)ccc3n2)ncn1. The number of pyridine rings is 1. The number of nitrogens with zero attached hydrogens (tertiary/aromatic N) is 6. The fraction of sp³-hybridized carbons (Fsp3) is 0.200. The Morgan fingerprint density at radius 2 is 1.97 bits per heavy atom. The topological polar surface area (TPSA) is 110 Å². The van der Waals surface area contributed by atoms with Crippen LogP contribution in [0.3, 0.4) is 0 Å². The van der Waals surface area contributed by atoms with Crippen molar-refractivity contribution in [3.8, 4) is 0 Å². The Hall–Kier alpha value is -4.11. The summed E-state index contributed by atoms with van der Waals surface area (Å²) in [5, 5.41) is 16.4. The van der Waals surface area contributed by atoms with Gasteiger partial charge in [0, 0.05) is 34.3 Å². The van der Waals surface area contributed by atoms with E-state index in [1.165, 1.54) is 24.7 Å². The maximum Gasteiger partial charge on any atom is 0.231 e. The number of imidazole rings is 1. The maximum absolute atomic E-state index is 12.7. The van der Waals surface area contributed by atoms with Crippen molar-refractivity contribution in [2.24, 2.45) is 0 Å². The van der Waals surface area contributed by atoms with E-state index in [0.717, 1.165) is 22.1 Å². The highest BCUT2D eigenvalue weighted by atomic mass is 35.5. The average Bonchev–Trinajstić information content (AvgIpc) is 3.62. The van der Waals surface area contributed by atoms with Crippen molar-refractivity contribution in [3.63, 3.8) is 0 Å². The van der Waals surface area contributed by atoms with Crippen molar-refractivity contribution in [2.45, 2.75) is 31.7 Å². The van der Waals surface area contributed by atoms with Gasteiger partial charge in [0.05, 0.1) is 30.6 Å². The number of halogens is 1. The van der Waals surface area contributed by atoms with Crippen LogP contribution in [0.1, 0.15) is 35.7 Å². The second-order valence-electron chi connectivity index (χ2n) is 8.62.